The Bertz CT molecular complexity index is 1590. The van der Waals surface area contributed by atoms with Gasteiger partial charge in [0, 0.05) is 27.9 Å². The highest BCUT2D eigenvalue weighted by Gasteiger charge is 2.28. The van der Waals surface area contributed by atoms with Crippen molar-refractivity contribution in [1.29, 1.82) is 0 Å². The van der Waals surface area contributed by atoms with Crippen LogP contribution in [0.4, 0.5) is 8.63 Å². The highest BCUT2D eigenvalue weighted by atomic mass is 19.2. The molecule has 0 fully saturated rings. The minimum Gasteiger partial charge on any atom is -0.307 e. The van der Waals surface area contributed by atoms with Gasteiger partial charge in [0.05, 0.1) is 16.6 Å². The molecule has 0 aliphatic carbocycles. The fourth-order valence-electron chi connectivity index (χ4n) is 4.39. The van der Waals surface area contributed by atoms with Crippen molar-refractivity contribution in [2.75, 3.05) is 0 Å². The van der Waals surface area contributed by atoms with Gasteiger partial charge in [0.25, 0.3) is 0 Å². The van der Waals surface area contributed by atoms with E-state index in [1.807, 2.05) is 72.8 Å². The zero-order chi connectivity index (χ0) is 20.2. The van der Waals surface area contributed by atoms with Crippen LogP contribution in [0, 0.1) is 0 Å². The minimum absolute atomic E-state index is 0.228. The molecule has 0 saturated carbocycles. The highest BCUT2D eigenvalue weighted by molar-refractivity contribution is 6.45. The SMILES string of the molecule is FB(F)n1c(-c2cccc3cccnc23)nc2c3ccccc3c3ccccc3c21. The molecule has 6 rings (SSSR count). The average Bonchev–Trinajstić information content (AvgIpc) is 3.20. The lowest BCUT2D eigenvalue weighted by atomic mass is 9.99. The molecule has 0 aliphatic heterocycles. The maximum Gasteiger partial charge on any atom is 0.679 e. The summed E-state index contributed by atoms with van der Waals surface area (Å²) in [5.41, 5.74) is 2.28. The molecular formula is C24H14BF2N3. The first kappa shape index (κ1) is 17.1. The molecule has 30 heavy (non-hydrogen) atoms. The van der Waals surface area contributed by atoms with Gasteiger partial charge in [-0.25, -0.2) is 4.98 Å². The number of hydrogen-bond acceptors (Lipinski definition) is 2. The highest BCUT2D eigenvalue weighted by Crippen LogP contribution is 2.38. The lowest BCUT2D eigenvalue weighted by Crippen LogP contribution is -2.14. The monoisotopic (exact) mass is 393 g/mol. The molecule has 0 atom stereocenters. The normalized spacial score (nSPS) is 11.7. The average molecular weight is 393 g/mol. The van der Waals surface area contributed by atoms with Crippen LogP contribution in [-0.2, 0) is 0 Å². The van der Waals surface area contributed by atoms with Crippen LogP contribution in [0.5, 0.6) is 0 Å². The Morgan fingerprint density at radius 1 is 0.667 bits per heavy atom. The van der Waals surface area contributed by atoms with Crippen molar-refractivity contribution < 1.29 is 8.63 Å². The Labute approximate surface area is 170 Å². The Balaban J connectivity index is 1.86. The van der Waals surface area contributed by atoms with E-state index in [-0.39, 0.29) is 5.82 Å². The number of halogens is 2. The van der Waals surface area contributed by atoms with Gasteiger partial charge in [-0.15, -0.1) is 0 Å². The quantitative estimate of drug-likeness (QED) is 0.254. The van der Waals surface area contributed by atoms with Crippen LogP contribution >= 0.6 is 0 Å². The Morgan fingerprint density at radius 2 is 1.33 bits per heavy atom. The minimum atomic E-state index is -2.74. The molecule has 0 bridgehead atoms. The van der Waals surface area contributed by atoms with E-state index >= 15 is 0 Å². The van der Waals surface area contributed by atoms with E-state index in [1.54, 1.807) is 12.3 Å². The molecule has 2 heterocycles. The van der Waals surface area contributed by atoms with Gasteiger partial charge in [-0.1, -0.05) is 66.7 Å². The summed E-state index contributed by atoms with van der Waals surface area (Å²) in [7, 11) is -2.74. The molecule has 4 aromatic carbocycles. The smallest absolute Gasteiger partial charge is 0.307 e. The summed E-state index contributed by atoms with van der Waals surface area (Å²) in [4.78, 5) is 9.23. The second-order valence-corrected chi connectivity index (χ2v) is 7.25. The number of nitrogens with zero attached hydrogens (tertiary/aromatic N) is 3. The molecule has 3 nitrogen and oxygen atoms in total. The van der Waals surface area contributed by atoms with E-state index in [2.05, 4.69) is 4.98 Å². The van der Waals surface area contributed by atoms with Gasteiger partial charge in [-0.05, 0) is 22.9 Å². The van der Waals surface area contributed by atoms with Crippen molar-refractivity contribution in [2.45, 2.75) is 0 Å². The maximum absolute atomic E-state index is 14.5. The summed E-state index contributed by atoms with van der Waals surface area (Å²) < 4.78 is 30.1. The van der Waals surface area contributed by atoms with E-state index in [1.165, 1.54) is 0 Å². The molecule has 0 spiro atoms. The summed E-state index contributed by atoms with van der Waals surface area (Å²) in [6.07, 6.45) is 1.67. The molecule has 142 valence electrons. The van der Waals surface area contributed by atoms with Gasteiger partial charge in [0.15, 0.2) is 0 Å². The first-order chi connectivity index (χ1) is 14.7. The van der Waals surface area contributed by atoms with Crippen molar-refractivity contribution >= 4 is 50.9 Å². The van der Waals surface area contributed by atoms with E-state index in [9.17, 15) is 8.63 Å². The zero-order valence-electron chi connectivity index (χ0n) is 15.8. The topological polar surface area (TPSA) is 30.7 Å². The van der Waals surface area contributed by atoms with Crippen molar-refractivity contribution in [2.24, 2.45) is 0 Å². The fourth-order valence-corrected chi connectivity index (χ4v) is 4.39. The van der Waals surface area contributed by atoms with Crippen LogP contribution in [0.15, 0.2) is 85.1 Å². The second kappa shape index (κ2) is 6.35. The first-order valence-electron chi connectivity index (χ1n) is 9.67. The van der Waals surface area contributed by atoms with Crippen LogP contribution in [-0.4, -0.2) is 21.8 Å². The predicted octanol–water partition coefficient (Wildman–Crippen LogP) is 6.33. The Morgan fingerprint density at radius 3 is 2.10 bits per heavy atom. The van der Waals surface area contributed by atoms with Crippen molar-refractivity contribution in [3.63, 3.8) is 0 Å². The summed E-state index contributed by atoms with van der Waals surface area (Å²) in [5, 5.41) is 4.45. The molecule has 2 aromatic heterocycles. The first-order valence-corrected chi connectivity index (χ1v) is 9.67. The zero-order valence-corrected chi connectivity index (χ0v) is 15.8. The van der Waals surface area contributed by atoms with Crippen LogP contribution in [0.25, 0.3) is 54.9 Å². The standard InChI is InChI=1S/C24H14BF2N3/c26-25(27)30-23-19-12-4-2-10-17(19)16-9-1-3-11-18(16)22(23)29-24(30)20-13-5-7-15-8-6-14-28-21(15)20/h1-14H. The third-order valence-electron chi connectivity index (χ3n) is 5.63. The molecule has 6 heteroatoms. The molecule has 0 aliphatic rings. The van der Waals surface area contributed by atoms with E-state index in [0.717, 1.165) is 31.4 Å². The number of hydrogen-bond donors (Lipinski definition) is 0. The van der Waals surface area contributed by atoms with Gasteiger partial charge in [0.2, 0.25) is 0 Å². The summed E-state index contributed by atoms with van der Waals surface area (Å²) >= 11 is 0. The van der Waals surface area contributed by atoms with Crippen LogP contribution < -0.4 is 0 Å². The van der Waals surface area contributed by atoms with Gasteiger partial charge in [0.1, 0.15) is 5.82 Å². The number of fused-ring (bicyclic) bond motifs is 7. The molecule has 0 radical (unpaired) electrons. The Hall–Kier alpha value is -3.80. The van der Waals surface area contributed by atoms with Crippen molar-refractivity contribution in [3.8, 4) is 11.4 Å². The molecule has 6 aromatic rings. The van der Waals surface area contributed by atoms with Gasteiger partial charge in [-0.3, -0.25) is 13.6 Å². The Kier molecular flexibility index (Phi) is 3.62. The van der Waals surface area contributed by atoms with Gasteiger partial charge < -0.3 is 4.48 Å². The van der Waals surface area contributed by atoms with Crippen LogP contribution in [0.2, 0.25) is 0 Å². The number of pyridine rings is 1. The third kappa shape index (κ3) is 2.30. The number of aromatic nitrogens is 3. The number of rotatable bonds is 2. The summed E-state index contributed by atoms with van der Waals surface area (Å²) in [5.74, 6) is 0.228. The fraction of sp³-hybridized carbons (Fsp3) is 0. The molecule has 0 saturated heterocycles. The third-order valence-corrected chi connectivity index (χ3v) is 5.63. The molecule has 0 unspecified atom stereocenters. The number of para-hydroxylation sites is 1. The van der Waals surface area contributed by atoms with E-state index < -0.39 is 7.40 Å². The molecule has 0 amide bonds. The van der Waals surface area contributed by atoms with E-state index in [0.29, 0.717) is 22.1 Å². The summed E-state index contributed by atoms with van der Waals surface area (Å²) in [6.45, 7) is 0. The van der Waals surface area contributed by atoms with Gasteiger partial charge in [-0.2, -0.15) is 0 Å². The number of imidazole rings is 1. The molecule has 0 N–H and O–H groups in total. The van der Waals surface area contributed by atoms with Crippen molar-refractivity contribution in [1.82, 2.24) is 14.4 Å². The second-order valence-electron chi connectivity index (χ2n) is 7.25. The lowest BCUT2D eigenvalue weighted by molar-refractivity contribution is 0.635. The number of benzene rings is 4. The van der Waals surface area contributed by atoms with Crippen molar-refractivity contribution in [3.05, 3.63) is 85.1 Å². The predicted molar refractivity (Wildman–Crippen MR) is 119 cm³/mol. The van der Waals surface area contributed by atoms with Gasteiger partial charge >= 0.3 is 7.40 Å². The van der Waals surface area contributed by atoms with Crippen LogP contribution in [0.3, 0.4) is 0 Å². The largest absolute Gasteiger partial charge is 0.679 e. The van der Waals surface area contributed by atoms with Crippen LogP contribution in [0.1, 0.15) is 0 Å². The molecular weight excluding hydrogens is 379 g/mol. The summed E-state index contributed by atoms with van der Waals surface area (Å²) in [6, 6.07) is 24.8. The maximum atomic E-state index is 14.5. The van der Waals surface area contributed by atoms with E-state index in [4.69, 9.17) is 4.98 Å². The lowest BCUT2D eigenvalue weighted by Gasteiger charge is -2.10.